The predicted molar refractivity (Wildman–Crippen MR) is 170 cm³/mol. The number of nitrogens with one attached hydrogen (secondary N) is 1. The fourth-order valence-corrected chi connectivity index (χ4v) is 5.81. The molecule has 1 aromatic heterocycles. The van der Waals surface area contributed by atoms with Crippen molar-refractivity contribution in [3.8, 4) is 22.6 Å². The maximum absolute atomic E-state index is 12.9. The third-order valence-electron chi connectivity index (χ3n) is 8.19. The third kappa shape index (κ3) is 5.93. The summed E-state index contributed by atoms with van der Waals surface area (Å²) in [4.78, 5) is 27.9. The van der Waals surface area contributed by atoms with Crippen molar-refractivity contribution >= 4 is 0 Å². The lowest BCUT2D eigenvalue weighted by atomic mass is 9.79. The minimum Gasteiger partial charge on any atom is -0.497 e. The molecule has 4 aromatic carbocycles. The van der Waals surface area contributed by atoms with Gasteiger partial charge in [-0.1, -0.05) is 84.9 Å². The summed E-state index contributed by atoms with van der Waals surface area (Å²) >= 11 is 0. The van der Waals surface area contributed by atoms with Crippen LogP contribution in [0.25, 0.3) is 11.1 Å². The van der Waals surface area contributed by atoms with E-state index in [1.165, 1.54) is 10.8 Å². The van der Waals surface area contributed by atoms with Crippen LogP contribution < -0.4 is 20.7 Å². The zero-order valence-corrected chi connectivity index (χ0v) is 25.0. The maximum Gasteiger partial charge on any atom is 0.330 e. The van der Waals surface area contributed by atoms with Crippen LogP contribution in [0.2, 0.25) is 0 Å². The first-order chi connectivity index (χ1) is 21.8. The van der Waals surface area contributed by atoms with Gasteiger partial charge in [0.25, 0.3) is 5.56 Å². The van der Waals surface area contributed by atoms with Crippen molar-refractivity contribution in [1.82, 2.24) is 9.55 Å². The van der Waals surface area contributed by atoms with E-state index in [2.05, 4.69) is 4.98 Å². The van der Waals surface area contributed by atoms with E-state index in [4.69, 9.17) is 18.9 Å². The molecule has 9 heteroatoms. The number of aromatic amines is 1. The van der Waals surface area contributed by atoms with E-state index >= 15 is 0 Å². The molecule has 45 heavy (non-hydrogen) atoms. The predicted octanol–water partition coefficient (Wildman–Crippen LogP) is 4.88. The number of rotatable bonds is 10. The van der Waals surface area contributed by atoms with Crippen molar-refractivity contribution in [2.75, 3.05) is 27.4 Å². The molecule has 0 saturated carbocycles. The van der Waals surface area contributed by atoms with E-state index in [9.17, 15) is 14.7 Å². The van der Waals surface area contributed by atoms with Crippen molar-refractivity contribution in [2.45, 2.75) is 23.9 Å². The van der Waals surface area contributed by atoms with Gasteiger partial charge in [0.1, 0.15) is 28.9 Å². The highest BCUT2D eigenvalue weighted by Gasteiger charge is 2.45. The van der Waals surface area contributed by atoms with Crippen LogP contribution in [-0.2, 0) is 15.1 Å². The van der Waals surface area contributed by atoms with Gasteiger partial charge in [-0.3, -0.25) is 14.3 Å². The second kappa shape index (κ2) is 12.6. The Labute approximate surface area is 260 Å². The van der Waals surface area contributed by atoms with Gasteiger partial charge in [-0.2, -0.15) is 0 Å². The molecule has 1 saturated heterocycles. The highest BCUT2D eigenvalue weighted by Crippen LogP contribution is 2.43. The van der Waals surface area contributed by atoms with Crippen LogP contribution >= 0.6 is 0 Å². The molecule has 230 valence electrons. The first kappa shape index (κ1) is 30.1. The van der Waals surface area contributed by atoms with Gasteiger partial charge in [0.2, 0.25) is 0 Å². The molecule has 2 heterocycles. The van der Waals surface area contributed by atoms with Gasteiger partial charge in [-0.25, -0.2) is 4.79 Å². The molecule has 2 atom stereocenters. The standard InChI is InChI=1S/C36H34N2O7/c1-42-29-17-13-27(14-18-29)36(26-11-7-4-8-12-26,28-15-19-30(43-2)20-16-28)45-24-35(41)21-32(44-23-35)38-22-31(33(39)37-34(38)40)25-9-5-3-6-10-25/h3-20,22,32,41H,21,23-24H2,1-2H3,(H,37,39,40)/t32-,35?/m1/s1. The summed E-state index contributed by atoms with van der Waals surface area (Å²) in [7, 11) is 3.23. The number of benzene rings is 4. The lowest BCUT2D eigenvalue weighted by Crippen LogP contribution is -2.42. The monoisotopic (exact) mass is 606 g/mol. The second-order valence-electron chi connectivity index (χ2n) is 11.1. The fourth-order valence-electron chi connectivity index (χ4n) is 5.81. The normalized spacial score (nSPS) is 18.1. The van der Waals surface area contributed by atoms with Crippen molar-refractivity contribution in [2.24, 2.45) is 0 Å². The van der Waals surface area contributed by atoms with Crippen LogP contribution in [0, 0.1) is 0 Å². The van der Waals surface area contributed by atoms with Crippen LogP contribution in [-0.4, -0.2) is 47.7 Å². The Morgan fingerprint density at radius 2 is 1.36 bits per heavy atom. The molecule has 0 bridgehead atoms. The zero-order valence-electron chi connectivity index (χ0n) is 25.0. The zero-order chi connectivity index (χ0) is 31.4. The molecular weight excluding hydrogens is 572 g/mol. The molecule has 1 aliphatic rings. The van der Waals surface area contributed by atoms with Crippen molar-refractivity contribution in [3.05, 3.63) is 153 Å². The van der Waals surface area contributed by atoms with Gasteiger partial charge in [0, 0.05) is 12.6 Å². The quantitative estimate of drug-likeness (QED) is 0.218. The van der Waals surface area contributed by atoms with Gasteiger partial charge in [-0.15, -0.1) is 0 Å². The van der Waals surface area contributed by atoms with Crippen molar-refractivity contribution in [3.63, 3.8) is 0 Å². The summed E-state index contributed by atoms with van der Waals surface area (Å²) in [6, 6.07) is 34.1. The molecule has 0 radical (unpaired) electrons. The summed E-state index contributed by atoms with van der Waals surface area (Å²) in [5.41, 5.74) is -0.219. The van der Waals surface area contributed by atoms with Gasteiger partial charge in [0.15, 0.2) is 0 Å². The smallest absolute Gasteiger partial charge is 0.330 e. The molecule has 0 amide bonds. The number of hydrogen-bond donors (Lipinski definition) is 2. The molecule has 2 N–H and O–H groups in total. The van der Waals surface area contributed by atoms with E-state index in [1.54, 1.807) is 26.4 Å². The minimum atomic E-state index is -1.45. The highest BCUT2D eigenvalue weighted by molar-refractivity contribution is 5.61. The number of H-pyrrole nitrogens is 1. The third-order valence-corrected chi connectivity index (χ3v) is 8.19. The Bertz CT molecular complexity index is 1810. The van der Waals surface area contributed by atoms with Crippen LogP contribution in [0.4, 0.5) is 0 Å². The first-order valence-corrected chi connectivity index (χ1v) is 14.6. The van der Waals surface area contributed by atoms with Crippen LogP contribution in [0.1, 0.15) is 29.3 Å². The number of ether oxygens (including phenoxy) is 4. The lowest BCUT2D eigenvalue weighted by Gasteiger charge is -2.38. The highest BCUT2D eigenvalue weighted by atomic mass is 16.5. The molecule has 6 rings (SSSR count). The summed E-state index contributed by atoms with van der Waals surface area (Å²) in [6.07, 6.45) is 0.721. The Balaban J connectivity index is 1.36. The number of nitrogens with zero attached hydrogens (tertiary/aromatic N) is 1. The molecule has 5 aromatic rings. The molecule has 1 fully saturated rings. The molecular formula is C36H34N2O7. The van der Waals surface area contributed by atoms with E-state index in [-0.39, 0.29) is 19.6 Å². The van der Waals surface area contributed by atoms with Crippen LogP contribution in [0.15, 0.2) is 125 Å². The summed E-state index contributed by atoms with van der Waals surface area (Å²) in [5, 5.41) is 11.8. The number of methoxy groups -OCH3 is 2. The number of aliphatic hydroxyl groups is 1. The summed E-state index contributed by atoms with van der Waals surface area (Å²) in [6.45, 7) is -0.208. The minimum absolute atomic E-state index is 0.0588. The van der Waals surface area contributed by atoms with Gasteiger partial charge >= 0.3 is 5.69 Å². The summed E-state index contributed by atoms with van der Waals surface area (Å²) < 4.78 is 25.0. The molecule has 0 aliphatic carbocycles. The molecule has 9 nitrogen and oxygen atoms in total. The van der Waals surface area contributed by atoms with E-state index in [0.29, 0.717) is 22.6 Å². The van der Waals surface area contributed by atoms with Crippen molar-refractivity contribution in [1.29, 1.82) is 0 Å². The Kier molecular flexibility index (Phi) is 8.40. The van der Waals surface area contributed by atoms with Crippen LogP contribution in [0.5, 0.6) is 11.5 Å². The lowest BCUT2D eigenvalue weighted by molar-refractivity contribution is -0.0928. The largest absolute Gasteiger partial charge is 0.497 e. The average molecular weight is 607 g/mol. The molecule has 1 aliphatic heterocycles. The van der Waals surface area contributed by atoms with Gasteiger partial charge in [-0.05, 0) is 46.5 Å². The van der Waals surface area contributed by atoms with Crippen molar-refractivity contribution < 1.29 is 24.1 Å². The summed E-state index contributed by atoms with van der Waals surface area (Å²) in [5.74, 6) is 1.39. The second-order valence-corrected chi connectivity index (χ2v) is 11.1. The maximum atomic E-state index is 12.9. The van der Waals surface area contributed by atoms with Crippen LogP contribution in [0.3, 0.4) is 0 Å². The fraction of sp³-hybridized carbons (Fsp3) is 0.222. The van der Waals surface area contributed by atoms with E-state index < -0.39 is 28.7 Å². The average Bonchev–Trinajstić information content (AvgIpc) is 3.48. The first-order valence-electron chi connectivity index (χ1n) is 14.6. The Hall–Kier alpha value is -4.96. The SMILES string of the molecule is COc1ccc(C(OCC2(O)CO[C@@H](n3cc(-c4ccccc4)c(=O)[nH]c3=O)C2)(c2ccccc2)c2ccc(OC)cc2)cc1. The molecule has 1 unspecified atom stereocenters. The number of hydrogen-bond acceptors (Lipinski definition) is 7. The Morgan fingerprint density at radius 1 is 0.822 bits per heavy atom. The van der Waals surface area contributed by atoms with Gasteiger partial charge < -0.3 is 24.1 Å². The van der Waals surface area contributed by atoms with E-state index in [0.717, 1.165) is 16.7 Å². The topological polar surface area (TPSA) is 112 Å². The number of aromatic nitrogens is 2. The van der Waals surface area contributed by atoms with Gasteiger partial charge in [0.05, 0.1) is 33.0 Å². The Morgan fingerprint density at radius 3 is 1.91 bits per heavy atom. The van der Waals surface area contributed by atoms with E-state index in [1.807, 2.05) is 97.1 Å². The molecule has 0 spiro atoms.